The molecule has 2 heterocycles. The predicted octanol–water partition coefficient (Wildman–Crippen LogP) is 4.87. The zero-order valence-corrected chi connectivity index (χ0v) is 15.0. The molecular formula is C24H14O5. The number of benzene rings is 4. The Morgan fingerprint density at radius 3 is 1.72 bits per heavy atom. The first-order valence-electron chi connectivity index (χ1n) is 9.19. The van der Waals surface area contributed by atoms with Gasteiger partial charge in [0.15, 0.2) is 5.60 Å². The first kappa shape index (κ1) is 16.0. The second-order valence-corrected chi connectivity index (χ2v) is 7.21. The molecule has 4 aromatic rings. The molecule has 2 N–H and O–H groups in total. The van der Waals surface area contributed by atoms with Crippen LogP contribution in [0.1, 0.15) is 11.1 Å². The van der Waals surface area contributed by atoms with E-state index in [1.54, 1.807) is 54.6 Å². The summed E-state index contributed by atoms with van der Waals surface area (Å²) in [4.78, 5) is 12.3. The molecule has 0 aliphatic carbocycles. The topological polar surface area (TPSA) is 76.0 Å². The van der Waals surface area contributed by atoms with Gasteiger partial charge in [0.25, 0.3) is 0 Å². The zero-order chi connectivity index (χ0) is 19.8. The summed E-state index contributed by atoms with van der Waals surface area (Å²) < 4.78 is 12.2. The Hall–Kier alpha value is -3.99. The number of ether oxygens (including phenoxy) is 2. The molecule has 0 fully saturated rings. The van der Waals surface area contributed by atoms with Crippen LogP contribution in [-0.4, -0.2) is 16.2 Å². The Bertz CT molecular complexity index is 1310. The highest BCUT2D eigenvalue weighted by Gasteiger charge is 2.48. The van der Waals surface area contributed by atoms with Crippen molar-refractivity contribution in [1.82, 2.24) is 0 Å². The second kappa shape index (κ2) is 5.29. The molecule has 2 aliphatic rings. The summed E-state index contributed by atoms with van der Waals surface area (Å²) in [5, 5.41) is 23.4. The van der Waals surface area contributed by atoms with Gasteiger partial charge >= 0.3 is 5.97 Å². The Morgan fingerprint density at radius 1 is 0.690 bits per heavy atom. The van der Waals surface area contributed by atoms with Crippen molar-refractivity contribution in [2.45, 2.75) is 5.60 Å². The van der Waals surface area contributed by atoms with Crippen LogP contribution in [0.15, 0.2) is 72.8 Å². The fraction of sp³-hybridized carbons (Fsp3) is 0.0417. The van der Waals surface area contributed by atoms with E-state index in [2.05, 4.69) is 0 Å². The molecule has 140 valence electrons. The van der Waals surface area contributed by atoms with Crippen molar-refractivity contribution < 1.29 is 24.5 Å². The molecule has 5 nitrogen and oxygen atoms in total. The minimum atomic E-state index is -1.22. The van der Waals surface area contributed by atoms with Crippen LogP contribution in [0.5, 0.6) is 23.0 Å². The molecule has 29 heavy (non-hydrogen) atoms. The van der Waals surface area contributed by atoms with Crippen molar-refractivity contribution in [3.8, 4) is 23.0 Å². The lowest BCUT2D eigenvalue weighted by Crippen LogP contribution is -2.31. The van der Waals surface area contributed by atoms with E-state index in [9.17, 15) is 15.0 Å². The molecule has 0 radical (unpaired) electrons. The molecule has 5 heteroatoms. The van der Waals surface area contributed by atoms with Crippen LogP contribution in [0.3, 0.4) is 0 Å². The monoisotopic (exact) mass is 382 g/mol. The van der Waals surface area contributed by atoms with Crippen molar-refractivity contribution in [2.75, 3.05) is 0 Å². The Labute approximate surface area is 165 Å². The lowest BCUT2D eigenvalue weighted by Gasteiger charge is -2.36. The van der Waals surface area contributed by atoms with Gasteiger partial charge in [0.2, 0.25) is 0 Å². The predicted molar refractivity (Wildman–Crippen MR) is 107 cm³/mol. The van der Waals surface area contributed by atoms with E-state index in [1.165, 1.54) is 6.08 Å². The number of aromatic hydroxyl groups is 2. The van der Waals surface area contributed by atoms with Crippen molar-refractivity contribution in [3.63, 3.8) is 0 Å². The van der Waals surface area contributed by atoms with Crippen LogP contribution < -0.4 is 4.74 Å². The van der Waals surface area contributed by atoms with Crippen molar-refractivity contribution in [1.29, 1.82) is 0 Å². The van der Waals surface area contributed by atoms with E-state index in [0.717, 1.165) is 10.8 Å². The molecule has 0 unspecified atom stereocenters. The molecule has 6 rings (SSSR count). The van der Waals surface area contributed by atoms with Gasteiger partial charge in [-0.1, -0.05) is 24.3 Å². The number of fused-ring (bicyclic) bond motifs is 8. The quantitative estimate of drug-likeness (QED) is 0.425. The minimum Gasteiger partial charge on any atom is -0.507 e. The normalized spacial score (nSPS) is 15.9. The number of carbonyl (C=O) groups is 1. The number of esters is 1. The summed E-state index contributed by atoms with van der Waals surface area (Å²) in [6, 6.07) is 17.6. The number of hydrogen-bond acceptors (Lipinski definition) is 5. The van der Waals surface area contributed by atoms with Gasteiger partial charge in [-0.05, 0) is 53.2 Å². The van der Waals surface area contributed by atoms with Gasteiger partial charge in [-0.2, -0.15) is 0 Å². The largest absolute Gasteiger partial charge is 0.507 e. The SMILES string of the molecule is O=C1C=CC2(O1)c1c(ccc3c(O)cccc13)Oc1ccc3c(O)cccc3c12. The van der Waals surface area contributed by atoms with Gasteiger partial charge in [0, 0.05) is 16.8 Å². The third kappa shape index (κ3) is 1.96. The Balaban J connectivity index is 1.81. The molecule has 2 aliphatic heterocycles. The van der Waals surface area contributed by atoms with Crippen LogP contribution in [0.4, 0.5) is 0 Å². The lowest BCUT2D eigenvalue weighted by atomic mass is 9.78. The first-order chi connectivity index (χ1) is 14.1. The van der Waals surface area contributed by atoms with Crippen LogP contribution >= 0.6 is 0 Å². The summed E-state index contributed by atoms with van der Waals surface area (Å²) in [6.45, 7) is 0. The van der Waals surface area contributed by atoms with E-state index in [-0.39, 0.29) is 11.5 Å². The smallest absolute Gasteiger partial charge is 0.332 e. The second-order valence-electron chi connectivity index (χ2n) is 7.21. The summed E-state index contributed by atoms with van der Waals surface area (Å²) in [6.07, 6.45) is 3.13. The third-order valence-electron chi connectivity index (χ3n) is 5.68. The highest BCUT2D eigenvalue weighted by molar-refractivity contribution is 6.01. The fourth-order valence-corrected chi connectivity index (χ4v) is 4.50. The van der Waals surface area contributed by atoms with E-state index in [1.807, 2.05) is 12.1 Å². The maximum atomic E-state index is 12.3. The number of carbonyl (C=O) groups excluding carboxylic acids is 1. The maximum absolute atomic E-state index is 12.3. The average molecular weight is 382 g/mol. The first-order valence-corrected chi connectivity index (χ1v) is 9.19. The van der Waals surface area contributed by atoms with Crippen LogP contribution in [0.25, 0.3) is 21.5 Å². The van der Waals surface area contributed by atoms with E-state index in [4.69, 9.17) is 9.47 Å². The van der Waals surface area contributed by atoms with Crippen molar-refractivity contribution in [2.24, 2.45) is 0 Å². The summed E-state index contributed by atoms with van der Waals surface area (Å²) in [5.74, 6) is 0.909. The van der Waals surface area contributed by atoms with Gasteiger partial charge in [0.05, 0.1) is 11.1 Å². The highest BCUT2D eigenvalue weighted by atomic mass is 16.6. The summed E-state index contributed by atoms with van der Waals surface area (Å²) in [7, 11) is 0. The average Bonchev–Trinajstić information content (AvgIpc) is 3.09. The molecule has 0 saturated heterocycles. The number of phenols is 2. The maximum Gasteiger partial charge on any atom is 0.332 e. The van der Waals surface area contributed by atoms with Crippen LogP contribution in [0, 0.1) is 0 Å². The van der Waals surface area contributed by atoms with Gasteiger partial charge < -0.3 is 19.7 Å². The van der Waals surface area contributed by atoms with E-state index < -0.39 is 11.6 Å². The zero-order valence-electron chi connectivity index (χ0n) is 15.0. The van der Waals surface area contributed by atoms with E-state index in [0.29, 0.717) is 33.4 Å². The van der Waals surface area contributed by atoms with Crippen molar-refractivity contribution >= 4 is 27.5 Å². The van der Waals surface area contributed by atoms with E-state index >= 15 is 0 Å². The molecule has 0 atom stereocenters. The van der Waals surface area contributed by atoms with Crippen LogP contribution in [-0.2, 0) is 15.1 Å². The summed E-state index contributed by atoms with van der Waals surface area (Å²) >= 11 is 0. The molecule has 0 amide bonds. The molecular weight excluding hydrogens is 368 g/mol. The van der Waals surface area contributed by atoms with Gasteiger partial charge in [-0.15, -0.1) is 0 Å². The number of rotatable bonds is 0. The van der Waals surface area contributed by atoms with Gasteiger partial charge in [0.1, 0.15) is 23.0 Å². The molecule has 0 bridgehead atoms. The lowest BCUT2D eigenvalue weighted by molar-refractivity contribution is -0.143. The van der Waals surface area contributed by atoms with Crippen LogP contribution in [0.2, 0.25) is 0 Å². The molecule has 1 spiro atoms. The minimum absolute atomic E-state index is 0.134. The molecule has 0 saturated carbocycles. The van der Waals surface area contributed by atoms with Gasteiger partial charge in [-0.3, -0.25) is 0 Å². The Kier molecular flexibility index (Phi) is 2.92. The fourth-order valence-electron chi connectivity index (χ4n) is 4.50. The summed E-state index contributed by atoms with van der Waals surface area (Å²) in [5.41, 5.74) is 0.0772. The molecule has 0 aromatic heterocycles. The standard InChI is InChI=1S/C24H14O5/c25-17-5-1-3-15-13(17)7-9-19-22(15)24(12-11-21(27)29-24)23-16-4-2-6-18(26)14(16)8-10-20(23)28-19/h1-12,25-26H. The highest BCUT2D eigenvalue weighted by Crippen LogP contribution is 2.56. The molecule has 4 aromatic carbocycles. The number of phenolic OH excluding ortho intramolecular Hbond substituents is 2. The van der Waals surface area contributed by atoms with Crippen molar-refractivity contribution in [3.05, 3.63) is 83.9 Å². The number of hydrogen-bond donors (Lipinski definition) is 2. The van der Waals surface area contributed by atoms with Gasteiger partial charge in [-0.25, -0.2) is 4.79 Å². The Morgan fingerprint density at radius 2 is 1.24 bits per heavy atom. The third-order valence-corrected chi connectivity index (χ3v) is 5.68.